The Kier molecular flexibility index (Phi) is 6.67. The number of hydrogen-bond donors (Lipinski definition) is 0. The van der Waals surface area contributed by atoms with Crippen molar-refractivity contribution in [1.82, 2.24) is 0 Å². The van der Waals surface area contributed by atoms with Crippen LogP contribution in [0.5, 0.6) is 0 Å². The summed E-state index contributed by atoms with van der Waals surface area (Å²) in [6, 6.07) is 41.3. The van der Waals surface area contributed by atoms with E-state index in [9.17, 15) is 0 Å². The molecule has 0 bridgehead atoms. The molecular formula is C25H26O4Si4. The summed E-state index contributed by atoms with van der Waals surface area (Å²) < 4.78 is 27.6. The monoisotopic (exact) mass is 502 g/mol. The van der Waals surface area contributed by atoms with E-state index in [1.165, 1.54) is 0 Å². The molecule has 33 heavy (non-hydrogen) atoms. The van der Waals surface area contributed by atoms with Crippen molar-refractivity contribution in [1.29, 1.82) is 0 Å². The zero-order valence-corrected chi connectivity index (χ0v) is 23.0. The highest BCUT2D eigenvalue weighted by Crippen LogP contribution is 2.22. The Bertz CT molecular complexity index is 1130. The fraction of sp³-hybridized carbons (Fsp3) is 0.0400. The van der Waals surface area contributed by atoms with E-state index in [1.54, 1.807) is 0 Å². The first-order chi connectivity index (χ1) is 16.2. The van der Waals surface area contributed by atoms with Crippen LogP contribution in [0.1, 0.15) is 0 Å². The lowest BCUT2D eigenvalue weighted by Crippen LogP contribution is -2.74. The minimum atomic E-state index is -3.19. The Balaban J connectivity index is 1.70. The van der Waals surface area contributed by atoms with Crippen LogP contribution in [0.2, 0.25) is 6.55 Å². The van der Waals surface area contributed by atoms with Gasteiger partial charge in [-0.05, 0) is 27.3 Å². The third-order valence-corrected chi connectivity index (χ3v) is 19.7. The summed E-state index contributed by atoms with van der Waals surface area (Å²) in [5.74, 6) is 0. The van der Waals surface area contributed by atoms with Gasteiger partial charge in [0.15, 0.2) is 0 Å². The van der Waals surface area contributed by atoms with Crippen molar-refractivity contribution in [3.05, 3.63) is 121 Å². The molecule has 2 unspecified atom stereocenters. The van der Waals surface area contributed by atoms with Crippen molar-refractivity contribution in [2.24, 2.45) is 0 Å². The van der Waals surface area contributed by atoms with E-state index in [2.05, 4.69) is 79.3 Å². The van der Waals surface area contributed by atoms with Crippen LogP contribution >= 0.6 is 0 Å². The average molecular weight is 503 g/mol. The Morgan fingerprint density at radius 3 is 1.58 bits per heavy atom. The third kappa shape index (κ3) is 4.65. The number of rotatable bonds is 4. The van der Waals surface area contributed by atoms with E-state index in [-0.39, 0.29) is 0 Å². The van der Waals surface area contributed by atoms with Gasteiger partial charge in [0.2, 0.25) is 0 Å². The van der Waals surface area contributed by atoms with Gasteiger partial charge >= 0.3 is 26.4 Å². The summed E-state index contributed by atoms with van der Waals surface area (Å²) in [4.78, 5) is 0. The highest BCUT2D eigenvalue weighted by molar-refractivity contribution is 7.03. The fourth-order valence-corrected chi connectivity index (χ4v) is 19.5. The van der Waals surface area contributed by atoms with Crippen molar-refractivity contribution >= 4 is 57.2 Å². The van der Waals surface area contributed by atoms with E-state index in [4.69, 9.17) is 16.5 Å². The zero-order chi connectivity index (χ0) is 22.6. The van der Waals surface area contributed by atoms with E-state index in [1.807, 2.05) is 48.5 Å². The fourth-order valence-electron chi connectivity index (χ4n) is 4.11. The summed E-state index contributed by atoms with van der Waals surface area (Å²) in [5, 5.41) is 4.32. The molecule has 0 aromatic heterocycles. The predicted molar refractivity (Wildman–Crippen MR) is 142 cm³/mol. The smallest absolute Gasteiger partial charge is 0.389 e. The molecule has 1 fully saturated rings. The van der Waals surface area contributed by atoms with Crippen molar-refractivity contribution in [2.75, 3.05) is 0 Å². The molecule has 1 heterocycles. The lowest BCUT2D eigenvalue weighted by atomic mass is 10.4. The van der Waals surface area contributed by atoms with Crippen LogP contribution in [-0.2, 0) is 16.5 Å². The summed E-state index contributed by atoms with van der Waals surface area (Å²) in [7, 11) is -9.60. The second-order valence-electron chi connectivity index (χ2n) is 8.05. The van der Waals surface area contributed by atoms with E-state index in [0.29, 0.717) is 0 Å². The molecule has 0 saturated carbocycles. The van der Waals surface area contributed by atoms with Crippen molar-refractivity contribution in [2.45, 2.75) is 6.55 Å². The molecule has 166 valence electrons. The van der Waals surface area contributed by atoms with Gasteiger partial charge in [0.05, 0.1) is 0 Å². The molecule has 8 heteroatoms. The molecule has 1 aliphatic rings. The maximum absolute atomic E-state index is 7.30. The van der Waals surface area contributed by atoms with Crippen LogP contribution < -0.4 is 20.7 Å². The van der Waals surface area contributed by atoms with Gasteiger partial charge in [-0.3, -0.25) is 0 Å². The number of benzene rings is 4. The van der Waals surface area contributed by atoms with Gasteiger partial charge in [0.25, 0.3) is 10.0 Å². The van der Waals surface area contributed by atoms with Crippen LogP contribution in [-0.4, -0.2) is 36.4 Å². The summed E-state index contributed by atoms with van der Waals surface area (Å²) >= 11 is 0. The first kappa shape index (κ1) is 22.4. The van der Waals surface area contributed by atoms with Gasteiger partial charge in [0, 0.05) is 0 Å². The largest absolute Gasteiger partial charge is 0.419 e. The molecule has 0 radical (unpaired) electrons. The van der Waals surface area contributed by atoms with Crippen LogP contribution in [0.4, 0.5) is 0 Å². The van der Waals surface area contributed by atoms with Gasteiger partial charge < -0.3 is 16.5 Å². The van der Waals surface area contributed by atoms with Gasteiger partial charge in [0.1, 0.15) is 0 Å². The van der Waals surface area contributed by atoms with Crippen molar-refractivity contribution < 1.29 is 16.5 Å². The molecule has 4 aromatic carbocycles. The summed E-state index contributed by atoms with van der Waals surface area (Å²) in [5.41, 5.74) is 0. The molecule has 0 aliphatic carbocycles. The van der Waals surface area contributed by atoms with Gasteiger partial charge in [-0.2, -0.15) is 0 Å². The first-order valence-corrected chi connectivity index (χ1v) is 17.9. The quantitative estimate of drug-likeness (QED) is 0.396. The second-order valence-corrected chi connectivity index (χ2v) is 18.7. The van der Waals surface area contributed by atoms with Gasteiger partial charge in [-0.1, -0.05) is 121 Å². The topological polar surface area (TPSA) is 36.9 Å². The molecule has 2 atom stereocenters. The summed E-state index contributed by atoms with van der Waals surface area (Å²) in [6.45, 7) is 2.13. The van der Waals surface area contributed by atoms with Gasteiger partial charge in [-0.25, -0.2) is 0 Å². The van der Waals surface area contributed by atoms with Crippen LogP contribution in [0, 0.1) is 0 Å². The Hall–Kier alpha value is -2.41. The summed E-state index contributed by atoms with van der Waals surface area (Å²) in [6.07, 6.45) is 0. The van der Waals surface area contributed by atoms with Crippen molar-refractivity contribution in [3.8, 4) is 0 Å². The molecule has 1 saturated heterocycles. The zero-order valence-electron chi connectivity index (χ0n) is 18.5. The maximum atomic E-state index is 7.30. The lowest BCUT2D eigenvalue weighted by Gasteiger charge is -2.43. The first-order valence-electron chi connectivity index (χ1n) is 11.0. The highest BCUT2D eigenvalue weighted by Gasteiger charge is 2.53. The molecule has 5 rings (SSSR count). The molecule has 1 aliphatic heterocycles. The second kappa shape index (κ2) is 9.83. The minimum Gasteiger partial charge on any atom is -0.419 e. The molecular weight excluding hydrogens is 477 g/mol. The number of hydrogen-bond acceptors (Lipinski definition) is 4. The lowest BCUT2D eigenvalue weighted by molar-refractivity contribution is 0.292. The van der Waals surface area contributed by atoms with Crippen LogP contribution in [0.3, 0.4) is 0 Å². The highest BCUT2D eigenvalue weighted by atomic mass is 28.5. The Morgan fingerprint density at radius 2 is 1.06 bits per heavy atom. The van der Waals surface area contributed by atoms with Gasteiger partial charge in [-0.15, -0.1) is 0 Å². The standard InChI is InChI=1S/C25H26O4Si4/c1-32(23-16-8-3-9-17-23)27-30-26-31(22-14-6-2-7-15-22)28-33(29-32,24-18-10-4-11-19-24)25-20-12-5-13-21-25/h2-21,31H,30H2,1H3. The van der Waals surface area contributed by atoms with E-state index in [0.717, 1.165) is 20.7 Å². The predicted octanol–water partition coefficient (Wildman–Crippen LogP) is 1.43. The minimum absolute atomic E-state index is 1.06. The normalized spacial score (nSPS) is 23.5. The molecule has 4 aromatic rings. The molecule has 0 amide bonds. The van der Waals surface area contributed by atoms with E-state index >= 15 is 0 Å². The third-order valence-electron chi connectivity index (χ3n) is 5.84. The van der Waals surface area contributed by atoms with Crippen molar-refractivity contribution in [3.63, 3.8) is 0 Å². The van der Waals surface area contributed by atoms with Crippen LogP contribution in [0.25, 0.3) is 0 Å². The average Bonchev–Trinajstić information content (AvgIpc) is 2.88. The van der Waals surface area contributed by atoms with Crippen LogP contribution in [0.15, 0.2) is 121 Å². The molecule has 0 N–H and O–H groups in total. The SMILES string of the molecule is C[Si]1(c2ccccc2)O[SiH2]O[SiH](c2ccccc2)O[Si](c2ccccc2)(c2ccccc2)O1. The van der Waals surface area contributed by atoms with E-state index < -0.39 is 36.4 Å². The molecule has 4 nitrogen and oxygen atoms in total. The maximum Gasteiger partial charge on any atom is 0.389 e. The Labute approximate surface area is 201 Å². The molecule has 0 spiro atoms. The Morgan fingerprint density at radius 1 is 0.606 bits per heavy atom.